The molecular formula is C20H20O6. The van der Waals surface area contributed by atoms with Gasteiger partial charge < -0.3 is 24.4 Å². The molecule has 6 nitrogen and oxygen atoms in total. The van der Waals surface area contributed by atoms with Crippen molar-refractivity contribution in [2.24, 2.45) is 0 Å². The van der Waals surface area contributed by atoms with Crippen LogP contribution in [0.2, 0.25) is 0 Å². The van der Waals surface area contributed by atoms with Crippen molar-refractivity contribution in [1.29, 1.82) is 0 Å². The van der Waals surface area contributed by atoms with Crippen LogP contribution in [0.25, 0.3) is 0 Å². The van der Waals surface area contributed by atoms with Crippen LogP contribution < -0.4 is 0 Å². The molecule has 2 heterocycles. The van der Waals surface area contributed by atoms with Crippen LogP contribution >= 0.6 is 0 Å². The Kier molecular flexibility index (Phi) is 4.74. The maximum absolute atomic E-state index is 11.9. The fourth-order valence-electron chi connectivity index (χ4n) is 3.48. The minimum Gasteiger partial charge on any atom is -0.455 e. The smallest absolute Gasteiger partial charge is 0.338 e. The molecule has 2 aromatic rings. The van der Waals surface area contributed by atoms with Crippen LogP contribution in [0.4, 0.5) is 0 Å². The minimum absolute atomic E-state index is 0.317. The number of benzene rings is 2. The molecule has 0 unspecified atom stereocenters. The number of aliphatic hydroxyl groups is 2. The van der Waals surface area contributed by atoms with Gasteiger partial charge in [-0.2, -0.15) is 0 Å². The second kappa shape index (κ2) is 7.17. The van der Waals surface area contributed by atoms with Crippen LogP contribution in [0.15, 0.2) is 60.7 Å². The minimum atomic E-state index is -1.61. The first-order valence-corrected chi connectivity index (χ1v) is 8.58. The van der Waals surface area contributed by atoms with Gasteiger partial charge in [0.25, 0.3) is 0 Å². The molecule has 2 saturated heterocycles. The van der Waals surface area contributed by atoms with Crippen LogP contribution in [0.3, 0.4) is 0 Å². The Morgan fingerprint density at radius 3 is 2.27 bits per heavy atom. The molecule has 26 heavy (non-hydrogen) atoms. The van der Waals surface area contributed by atoms with Crippen molar-refractivity contribution in [2.75, 3.05) is 0 Å². The summed E-state index contributed by atoms with van der Waals surface area (Å²) in [6.45, 7) is 0.317. The first-order chi connectivity index (χ1) is 12.6. The molecule has 6 heteroatoms. The lowest BCUT2D eigenvalue weighted by atomic mass is 9.95. The van der Waals surface area contributed by atoms with E-state index < -0.39 is 42.6 Å². The third-order valence-corrected chi connectivity index (χ3v) is 4.82. The topological polar surface area (TPSA) is 85.2 Å². The number of carbonyl (C=O) groups excluding carboxylic acids is 1. The Morgan fingerprint density at radius 1 is 0.923 bits per heavy atom. The van der Waals surface area contributed by atoms with Gasteiger partial charge in [-0.15, -0.1) is 0 Å². The van der Waals surface area contributed by atoms with Gasteiger partial charge in [-0.25, -0.2) is 4.79 Å². The number of aliphatic hydroxyl groups excluding tert-OH is 2. The highest BCUT2D eigenvalue weighted by Crippen LogP contribution is 2.41. The predicted octanol–water partition coefficient (Wildman–Crippen LogP) is 1.36. The molecule has 4 rings (SSSR count). The molecule has 6 atom stereocenters. The van der Waals surface area contributed by atoms with Crippen molar-refractivity contribution >= 4 is 5.97 Å². The Bertz CT molecular complexity index is 749. The molecule has 0 radical (unpaired) electrons. The molecule has 0 saturated carbocycles. The summed E-state index contributed by atoms with van der Waals surface area (Å²) in [7, 11) is 0. The first-order valence-electron chi connectivity index (χ1n) is 8.58. The maximum Gasteiger partial charge on any atom is 0.338 e. The van der Waals surface area contributed by atoms with E-state index >= 15 is 0 Å². The van der Waals surface area contributed by atoms with Crippen LogP contribution in [0.5, 0.6) is 0 Å². The van der Waals surface area contributed by atoms with Crippen molar-refractivity contribution in [2.45, 2.75) is 43.2 Å². The third kappa shape index (κ3) is 3.12. The zero-order valence-electron chi connectivity index (χ0n) is 14.0. The van der Waals surface area contributed by atoms with E-state index in [1.54, 1.807) is 0 Å². The summed E-state index contributed by atoms with van der Waals surface area (Å²) in [4.78, 5) is 11.9. The van der Waals surface area contributed by atoms with E-state index in [1.165, 1.54) is 0 Å². The number of rotatable bonds is 4. The van der Waals surface area contributed by atoms with E-state index in [0.717, 1.165) is 11.1 Å². The van der Waals surface area contributed by atoms with Gasteiger partial charge in [-0.3, -0.25) is 0 Å². The van der Waals surface area contributed by atoms with E-state index in [4.69, 9.17) is 14.2 Å². The first kappa shape index (κ1) is 17.2. The number of ether oxygens (including phenoxy) is 3. The Morgan fingerprint density at radius 2 is 1.58 bits per heavy atom. The zero-order chi connectivity index (χ0) is 18.1. The highest BCUT2D eigenvalue weighted by Gasteiger charge is 2.56. The Hall–Kier alpha value is -2.25. The largest absolute Gasteiger partial charge is 0.455 e. The van der Waals surface area contributed by atoms with E-state index in [1.807, 2.05) is 60.7 Å². The monoisotopic (exact) mass is 356 g/mol. The molecule has 2 aliphatic rings. The fourth-order valence-corrected chi connectivity index (χ4v) is 3.48. The summed E-state index contributed by atoms with van der Waals surface area (Å²) in [5.41, 5.74) is 1.84. The lowest BCUT2D eigenvalue weighted by Crippen LogP contribution is -2.56. The van der Waals surface area contributed by atoms with Gasteiger partial charge in [0.1, 0.15) is 24.4 Å². The third-order valence-electron chi connectivity index (χ3n) is 4.82. The molecule has 2 fully saturated rings. The average molecular weight is 356 g/mol. The summed E-state index contributed by atoms with van der Waals surface area (Å²) in [5, 5.41) is 20.1. The lowest BCUT2D eigenvalue weighted by molar-refractivity contribution is -0.201. The molecule has 2 N–H and O–H groups in total. The molecule has 0 aromatic heterocycles. The lowest BCUT2D eigenvalue weighted by Gasteiger charge is -2.33. The van der Waals surface area contributed by atoms with Crippen LogP contribution in [0, 0.1) is 0 Å². The van der Waals surface area contributed by atoms with Gasteiger partial charge in [0.05, 0.1) is 6.61 Å². The molecular weight excluding hydrogens is 336 g/mol. The van der Waals surface area contributed by atoms with Crippen molar-refractivity contribution in [3.8, 4) is 0 Å². The Balaban J connectivity index is 1.61. The van der Waals surface area contributed by atoms with Gasteiger partial charge >= 0.3 is 5.97 Å². The highest BCUT2D eigenvalue weighted by atomic mass is 16.6. The summed E-state index contributed by atoms with van der Waals surface area (Å²) >= 11 is 0. The van der Waals surface area contributed by atoms with Gasteiger partial charge in [0.15, 0.2) is 12.2 Å². The number of esters is 1. The molecule has 2 aromatic carbocycles. The van der Waals surface area contributed by atoms with E-state index in [0.29, 0.717) is 6.61 Å². The average Bonchev–Trinajstić information content (AvgIpc) is 3.04. The standard InChI is InChI=1S/C20H20O6/c21-14-15(22)20(23)26-19-17(14)25-16(13-9-5-2-6-10-13)18(19)24-11-12-7-3-1-4-8-12/h1-10,14-19,21-22H,11H2/t14-,15+,16-,17+,18-,19-/m1/s1. The Labute approximate surface area is 150 Å². The van der Waals surface area contributed by atoms with Crippen LogP contribution in [-0.4, -0.2) is 46.7 Å². The molecule has 0 amide bonds. The maximum atomic E-state index is 11.9. The molecule has 0 spiro atoms. The number of fused-ring (bicyclic) bond motifs is 1. The number of carbonyl (C=O) groups is 1. The molecule has 0 bridgehead atoms. The summed E-state index contributed by atoms with van der Waals surface area (Å²) < 4.78 is 17.4. The predicted molar refractivity (Wildman–Crippen MR) is 91.0 cm³/mol. The SMILES string of the molecule is O=C1O[C@@H]2[C@@H](O[C@H](c3ccccc3)[C@H]2OCc2ccccc2)[C@H](O)[C@@H]1O. The summed E-state index contributed by atoms with van der Waals surface area (Å²) in [6, 6.07) is 19.1. The molecule has 136 valence electrons. The van der Waals surface area contributed by atoms with Crippen molar-refractivity contribution in [3.63, 3.8) is 0 Å². The van der Waals surface area contributed by atoms with Gasteiger partial charge in [0, 0.05) is 0 Å². The zero-order valence-corrected chi connectivity index (χ0v) is 14.0. The normalized spacial score (nSPS) is 33.5. The second-order valence-corrected chi connectivity index (χ2v) is 6.53. The van der Waals surface area contributed by atoms with Crippen LogP contribution in [-0.2, 0) is 25.6 Å². The van der Waals surface area contributed by atoms with E-state index in [9.17, 15) is 15.0 Å². The van der Waals surface area contributed by atoms with Crippen LogP contribution in [0.1, 0.15) is 17.2 Å². The van der Waals surface area contributed by atoms with Gasteiger partial charge in [0.2, 0.25) is 0 Å². The van der Waals surface area contributed by atoms with E-state index in [2.05, 4.69) is 0 Å². The quantitative estimate of drug-likeness (QED) is 0.805. The summed E-state index contributed by atoms with van der Waals surface area (Å²) in [5.74, 6) is -0.857. The molecule has 2 aliphatic heterocycles. The second-order valence-electron chi connectivity index (χ2n) is 6.53. The highest BCUT2D eigenvalue weighted by molar-refractivity contribution is 5.76. The van der Waals surface area contributed by atoms with Crippen molar-refractivity contribution in [1.82, 2.24) is 0 Å². The summed E-state index contributed by atoms with van der Waals surface area (Å²) in [6.07, 6.45) is -5.68. The number of hydrogen-bond donors (Lipinski definition) is 2. The fraction of sp³-hybridized carbons (Fsp3) is 0.350. The number of hydrogen-bond acceptors (Lipinski definition) is 6. The van der Waals surface area contributed by atoms with Crippen molar-refractivity contribution < 1.29 is 29.2 Å². The van der Waals surface area contributed by atoms with E-state index in [-0.39, 0.29) is 0 Å². The van der Waals surface area contributed by atoms with Gasteiger partial charge in [-0.05, 0) is 11.1 Å². The van der Waals surface area contributed by atoms with Gasteiger partial charge in [-0.1, -0.05) is 60.7 Å². The van der Waals surface area contributed by atoms with Crippen molar-refractivity contribution in [3.05, 3.63) is 71.8 Å². The molecule has 0 aliphatic carbocycles.